The zero-order chi connectivity index (χ0) is 18.4. The lowest BCUT2D eigenvalue weighted by atomic mass is 10.1. The van der Waals surface area contributed by atoms with Gasteiger partial charge in [-0.3, -0.25) is 9.69 Å². The topological polar surface area (TPSA) is 45.0 Å². The van der Waals surface area contributed by atoms with Gasteiger partial charge in [0.2, 0.25) is 5.91 Å². The fourth-order valence-corrected chi connectivity index (χ4v) is 3.89. The summed E-state index contributed by atoms with van der Waals surface area (Å²) in [5, 5.41) is 9.36. The van der Waals surface area contributed by atoms with E-state index in [9.17, 15) is 4.79 Å². The summed E-state index contributed by atoms with van der Waals surface area (Å²) in [6.07, 6.45) is 3.94. The van der Waals surface area contributed by atoms with E-state index in [0.717, 1.165) is 11.1 Å². The average molecular weight is 384 g/mol. The molecule has 0 spiro atoms. The van der Waals surface area contributed by atoms with Gasteiger partial charge in [-0.25, -0.2) is 0 Å². The van der Waals surface area contributed by atoms with Crippen molar-refractivity contribution in [3.8, 4) is 0 Å². The predicted molar refractivity (Wildman–Crippen MR) is 110 cm³/mol. The van der Waals surface area contributed by atoms with Crippen molar-refractivity contribution in [1.82, 2.24) is 4.90 Å². The lowest BCUT2D eigenvalue weighted by Crippen LogP contribution is -2.32. The number of thioether (sulfide) groups is 1. The molecule has 1 aliphatic rings. The normalized spacial score (nSPS) is 18.8. The standard InChI is InChI=1S/C20H18ClN3OS/c1-2-12-24-19(25)18(13-15-8-4-3-5-9-15)26-20(24)23-22-14-16-10-6-7-11-17(16)21/h2-11,14,18H,1,12-13H2/b22-14-,23-20+/t18-/m1/s1. The molecule has 2 aromatic rings. The van der Waals surface area contributed by atoms with E-state index in [1.807, 2.05) is 48.5 Å². The summed E-state index contributed by atoms with van der Waals surface area (Å²) in [6.45, 7) is 4.14. The van der Waals surface area contributed by atoms with E-state index < -0.39 is 0 Å². The van der Waals surface area contributed by atoms with Gasteiger partial charge in [-0.15, -0.1) is 11.7 Å². The second-order valence-corrected chi connectivity index (χ2v) is 7.26. The van der Waals surface area contributed by atoms with E-state index in [0.29, 0.717) is 23.2 Å². The fraction of sp³-hybridized carbons (Fsp3) is 0.150. The summed E-state index contributed by atoms with van der Waals surface area (Å²) in [6, 6.07) is 17.4. The Kier molecular flexibility index (Phi) is 6.26. The minimum Gasteiger partial charge on any atom is -0.285 e. The van der Waals surface area contributed by atoms with Gasteiger partial charge in [0, 0.05) is 17.1 Å². The molecule has 6 heteroatoms. The van der Waals surface area contributed by atoms with Gasteiger partial charge in [-0.1, -0.05) is 78.0 Å². The Morgan fingerprint density at radius 1 is 1.15 bits per heavy atom. The van der Waals surface area contributed by atoms with Crippen LogP contribution in [0.25, 0.3) is 0 Å². The maximum Gasteiger partial charge on any atom is 0.242 e. The van der Waals surface area contributed by atoms with Gasteiger partial charge >= 0.3 is 0 Å². The number of nitrogens with zero attached hydrogens (tertiary/aromatic N) is 3. The van der Waals surface area contributed by atoms with Crippen LogP contribution in [0.5, 0.6) is 0 Å². The van der Waals surface area contributed by atoms with Crippen molar-refractivity contribution < 1.29 is 4.79 Å². The minimum atomic E-state index is -0.202. The molecule has 4 nitrogen and oxygen atoms in total. The molecule has 0 radical (unpaired) electrons. The number of hydrogen-bond donors (Lipinski definition) is 0. The number of carbonyl (C=O) groups excluding carboxylic acids is 1. The molecule has 26 heavy (non-hydrogen) atoms. The van der Waals surface area contributed by atoms with Crippen molar-refractivity contribution in [2.45, 2.75) is 11.7 Å². The summed E-state index contributed by atoms with van der Waals surface area (Å²) in [5.41, 5.74) is 1.90. The molecular weight excluding hydrogens is 366 g/mol. The van der Waals surface area contributed by atoms with Gasteiger partial charge in [0.25, 0.3) is 0 Å². The summed E-state index contributed by atoms with van der Waals surface area (Å²) in [4.78, 5) is 14.3. The highest BCUT2D eigenvalue weighted by atomic mass is 35.5. The number of carbonyl (C=O) groups is 1. The first-order chi connectivity index (χ1) is 12.7. The maximum absolute atomic E-state index is 12.7. The third kappa shape index (κ3) is 4.42. The first kappa shape index (κ1) is 18.4. The zero-order valence-corrected chi connectivity index (χ0v) is 15.7. The molecule has 1 fully saturated rings. The highest BCUT2D eigenvalue weighted by molar-refractivity contribution is 8.15. The smallest absolute Gasteiger partial charge is 0.242 e. The SMILES string of the molecule is C=CCN1C(=O)[C@@H](Cc2ccccc2)S/C1=N/N=C\c1ccccc1Cl. The average Bonchev–Trinajstić information content (AvgIpc) is 2.94. The number of rotatable bonds is 6. The van der Waals surface area contributed by atoms with Crippen LogP contribution in [0.15, 0.2) is 77.5 Å². The van der Waals surface area contributed by atoms with E-state index in [1.54, 1.807) is 23.3 Å². The van der Waals surface area contributed by atoms with Crippen LogP contribution in [-0.4, -0.2) is 34.0 Å². The fourth-order valence-electron chi connectivity index (χ4n) is 2.56. The lowest BCUT2D eigenvalue weighted by Gasteiger charge is -2.12. The predicted octanol–water partition coefficient (Wildman–Crippen LogP) is 4.40. The second-order valence-electron chi connectivity index (χ2n) is 5.68. The third-order valence-electron chi connectivity index (χ3n) is 3.84. The summed E-state index contributed by atoms with van der Waals surface area (Å²) in [7, 11) is 0. The van der Waals surface area contributed by atoms with Crippen LogP contribution in [0, 0.1) is 0 Å². The van der Waals surface area contributed by atoms with Gasteiger partial charge < -0.3 is 0 Å². The van der Waals surface area contributed by atoms with Gasteiger partial charge in [0.1, 0.15) is 0 Å². The summed E-state index contributed by atoms with van der Waals surface area (Å²) >= 11 is 7.54. The molecule has 1 amide bonds. The maximum atomic E-state index is 12.7. The molecule has 1 atom stereocenters. The summed E-state index contributed by atoms with van der Waals surface area (Å²) in [5.74, 6) is 0.0328. The van der Waals surface area contributed by atoms with Gasteiger partial charge in [0.05, 0.1) is 11.5 Å². The Morgan fingerprint density at radius 2 is 1.88 bits per heavy atom. The van der Waals surface area contributed by atoms with Gasteiger partial charge in [-0.2, -0.15) is 5.10 Å². The molecule has 3 rings (SSSR count). The quantitative estimate of drug-likeness (QED) is 0.421. The molecule has 132 valence electrons. The first-order valence-electron chi connectivity index (χ1n) is 8.17. The van der Waals surface area contributed by atoms with Crippen LogP contribution in [0.2, 0.25) is 5.02 Å². The van der Waals surface area contributed by atoms with Gasteiger partial charge in [0.15, 0.2) is 5.17 Å². The van der Waals surface area contributed by atoms with Crippen molar-refractivity contribution in [3.63, 3.8) is 0 Å². The highest BCUT2D eigenvalue weighted by Gasteiger charge is 2.37. The molecule has 1 aliphatic heterocycles. The Labute approximate surface area is 162 Å². The Balaban J connectivity index is 1.77. The van der Waals surface area contributed by atoms with Crippen molar-refractivity contribution in [2.75, 3.05) is 6.54 Å². The van der Waals surface area contributed by atoms with Crippen molar-refractivity contribution in [2.24, 2.45) is 10.2 Å². The Morgan fingerprint density at radius 3 is 2.62 bits per heavy atom. The molecule has 0 aliphatic carbocycles. The minimum absolute atomic E-state index is 0.0328. The first-order valence-corrected chi connectivity index (χ1v) is 9.43. The van der Waals surface area contributed by atoms with Crippen LogP contribution in [0.1, 0.15) is 11.1 Å². The lowest BCUT2D eigenvalue weighted by molar-refractivity contribution is -0.125. The van der Waals surface area contributed by atoms with Crippen LogP contribution in [-0.2, 0) is 11.2 Å². The number of amides is 1. The second kappa shape index (κ2) is 8.83. The van der Waals surface area contributed by atoms with E-state index in [4.69, 9.17) is 11.6 Å². The number of halogens is 1. The summed E-state index contributed by atoms with van der Waals surface area (Å²) < 4.78 is 0. The van der Waals surface area contributed by atoms with Crippen molar-refractivity contribution in [3.05, 3.63) is 83.4 Å². The monoisotopic (exact) mass is 383 g/mol. The number of hydrogen-bond acceptors (Lipinski definition) is 4. The van der Waals surface area contributed by atoms with E-state index in [-0.39, 0.29) is 11.2 Å². The van der Waals surface area contributed by atoms with Gasteiger partial charge in [-0.05, 0) is 18.1 Å². The van der Waals surface area contributed by atoms with Crippen molar-refractivity contribution >= 4 is 40.7 Å². The van der Waals surface area contributed by atoms with E-state index >= 15 is 0 Å². The van der Waals surface area contributed by atoms with Crippen molar-refractivity contribution in [1.29, 1.82) is 0 Å². The third-order valence-corrected chi connectivity index (χ3v) is 5.35. The Bertz CT molecular complexity index is 851. The molecular formula is C20H18ClN3OS. The molecule has 0 saturated carbocycles. The zero-order valence-electron chi connectivity index (χ0n) is 14.1. The van der Waals surface area contributed by atoms with E-state index in [1.165, 1.54) is 11.8 Å². The van der Waals surface area contributed by atoms with Crippen LogP contribution in [0.4, 0.5) is 0 Å². The molecule has 0 N–H and O–H groups in total. The highest BCUT2D eigenvalue weighted by Crippen LogP contribution is 2.30. The van der Waals surface area contributed by atoms with Crippen LogP contribution in [0.3, 0.4) is 0 Å². The molecule has 0 unspecified atom stereocenters. The molecule has 0 bridgehead atoms. The van der Waals surface area contributed by atoms with Crippen LogP contribution < -0.4 is 0 Å². The van der Waals surface area contributed by atoms with E-state index in [2.05, 4.69) is 16.8 Å². The molecule has 1 saturated heterocycles. The number of benzene rings is 2. The molecule has 2 aromatic carbocycles. The molecule has 0 aromatic heterocycles. The number of amidine groups is 1. The Hall–Kier alpha value is -2.37. The van der Waals surface area contributed by atoms with Crippen LogP contribution >= 0.6 is 23.4 Å². The largest absolute Gasteiger partial charge is 0.285 e. The molecule has 1 heterocycles.